The van der Waals surface area contributed by atoms with Crippen LogP contribution in [0.25, 0.3) is 11.2 Å². The lowest BCUT2D eigenvalue weighted by atomic mass is 9.82. The highest BCUT2D eigenvalue weighted by Gasteiger charge is 2.56. The van der Waals surface area contributed by atoms with Gasteiger partial charge in [-0.15, -0.1) is 0 Å². The molecule has 4 aromatic rings. The second-order valence-electron chi connectivity index (χ2n) is 8.94. The number of ether oxygens (including phenoxy) is 3. The van der Waals surface area contributed by atoms with E-state index in [0.717, 1.165) is 0 Å². The van der Waals surface area contributed by atoms with Crippen molar-refractivity contribution < 1.29 is 28.2 Å². The molecular formula is C26H21Cl2FN4O5. The van der Waals surface area contributed by atoms with E-state index >= 15 is 4.39 Å². The predicted molar refractivity (Wildman–Crippen MR) is 136 cm³/mol. The van der Waals surface area contributed by atoms with Gasteiger partial charge in [-0.3, -0.25) is 4.57 Å². The number of imidazole rings is 1. The number of benzene rings is 2. The van der Waals surface area contributed by atoms with Crippen molar-refractivity contribution in [2.24, 2.45) is 5.41 Å². The molecule has 0 aliphatic carbocycles. The zero-order valence-corrected chi connectivity index (χ0v) is 21.5. The molecule has 0 spiro atoms. The molecule has 12 heteroatoms. The molecule has 38 heavy (non-hydrogen) atoms. The van der Waals surface area contributed by atoms with Crippen molar-refractivity contribution in [2.45, 2.75) is 25.4 Å². The van der Waals surface area contributed by atoms with E-state index in [1.165, 1.54) is 10.9 Å². The van der Waals surface area contributed by atoms with E-state index in [1.54, 1.807) is 67.6 Å². The summed E-state index contributed by atoms with van der Waals surface area (Å²) in [7, 11) is 0. The Labute approximate surface area is 226 Å². The van der Waals surface area contributed by atoms with Crippen LogP contribution in [0.5, 0.6) is 0 Å². The van der Waals surface area contributed by atoms with E-state index in [2.05, 4.69) is 15.0 Å². The van der Waals surface area contributed by atoms with Gasteiger partial charge in [0.1, 0.15) is 24.8 Å². The van der Waals surface area contributed by atoms with Crippen molar-refractivity contribution >= 4 is 46.3 Å². The Kier molecular flexibility index (Phi) is 7.29. The molecule has 196 valence electrons. The van der Waals surface area contributed by atoms with E-state index < -0.39 is 35.9 Å². The van der Waals surface area contributed by atoms with Crippen LogP contribution in [-0.4, -0.2) is 56.9 Å². The largest absolute Gasteiger partial charge is 0.461 e. The minimum absolute atomic E-state index is 0.0000455. The highest BCUT2D eigenvalue weighted by Crippen LogP contribution is 2.47. The number of carbonyl (C=O) groups is 2. The summed E-state index contributed by atoms with van der Waals surface area (Å²) in [6.07, 6.45) is -2.68. The number of aromatic nitrogens is 4. The highest BCUT2D eigenvalue weighted by atomic mass is 35.5. The Morgan fingerprint density at radius 2 is 1.61 bits per heavy atom. The van der Waals surface area contributed by atoms with E-state index in [1.807, 2.05) is 0 Å². The van der Waals surface area contributed by atoms with Gasteiger partial charge >= 0.3 is 11.9 Å². The number of esters is 2. The maximum atomic E-state index is 16.3. The molecule has 1 aliphatic heterocycles. The Bertz CT molecular complexity index is 1470. The lowest BCUT2D eigenvalue weighted by Gasteiger charge is -2.30. The van der Waals surface area contributed by atoms with Crippen LogP contribution in [0.3, 0.4) is 0 Å². The fourth-order valence-corrected chi connectivity index (χ4v) is 4.66. The van der Waals surface area contributed by atoms with Crippen LogP contribution in [0, 0.1) is 5.41 Å². The topological polar surface area (TPSA) is 105 Å². The monoisotopic (exact) mass is 558 g/mol. The molecule has 9 nitrogen and oxygen atoms in total. The molecule has 0 radical (unpaired) electrons. The van der Waals surface area contributed by atoms with Gasteiger partial charge in [0.15, 0.2) is 23.2 Å². The van der Waals surface area contributed by atoms with Crippen LogP contribution in [0.15, 0.2) is 67.0 Å². The number of nitrogens with zero attached hydrogens (tertiary/aromatic N) is 4. The molecule has 0 amide bonds. The van der Waals surface area contributed by atoms with Gasteiger partial charge < -0.3 is 14.2 Å². The first-order valence-electron chi connectivity index (χ1n) is 11.6. The second-order valence-corrected chi connectivity index (χ2v) is 9.63. The van der Waals surface area contributed by atoms with Crippen LogP contribution in [0.1, 0.15) is 33.9 Å². The number of halogens is 3. The number of fused-ring (bicyclic) bond motifs is 1. The summed E-state index contributed by atoms with van der Waals surface area (Å²) in [6.45, 7) is 0.910. The molecule has 1 saturated heterocycles. The van der Waals surface area contributed by atoms with Gasteiger partial charge in [0, 0.05) is 0 Å². The van der Waals surface area contributed by atoms with Crippen LogP contribution in [0.2, 0.25) is 10.4 Å². The van der Waals surface area contributed by atoms with Crippen molar-refractivity contribution in [3.8, 4) is 0 Å². The smallest absolute Gasteiger partial charge is 0.338 e. The second kappa shape index (κ2) is 10.6. The number of carbonyl (C=O) groups excluding carboxylic acids is 2. The first kappa shape index (κ1) is 26.0. The van der Waals surface area contributed by atoms with Crippen LogP contribution >= 0.6 is 23.2 Å². The fourth-order valence-electron chi connectivity index (χ4n) is 4.24. The summed E-state index contributed by atoms with van der Waals surface area (Å²) in [4.78, 5) is 37.4. The van der Waals surface area contributed by atoms with Crippen molar-refractivity contribution in [1.29, 1.82) is 0 Å². The zero-order valence-electron chi connectivity index (χ0n) is 20.0. The van der Waals surface area contributed by atoms with Gasteiger partial charge in [0.05, 0.1) is 22.9 Å². The van der Waals surface area contributed by atoms with Crippen LogP contribution in [-0.2, 0) is 14.2 Å². The summed E-state index contributed by atoms with van der Waals surface area (Å²) in [5, 5.41) is -0.148. The van der Waals surface area contributed by atoms with Crippen molar-refractivity contribution in [3.63, 3.8) is 0 Å². The van der Waals surface area contributed by atoms with Gasteiger partial charge in [-0.05, 0) is 35.9 Å². The van der Waals surface area contributed by atoms with E-state index in [9.17, 15) is 9.59 Å². The lowest BCUT2D eigenvalue weighted by Crippen LogP contribution is -2.43. The summed E-state index contributed by atoms with van der Waals surface area (Å²) < 4.78 is 34.7. The molecule has 1 aliphatic rings. The SMILES string of the molecule is CC1(COC(=O)c2ccccc2)C(F)[C@H](n2cnc3c(Cl)nc(Cl)nc32)O[C@@H]1COC(=O)c1ccccc1. The molecule has 2 aromatic heterocycles. The molecule has 5 rings (SSSR count). The maximum absolute atomic E-state index is 16.3. The molecule has 0 bridgehead atoms. The minimum Gasteiger partial charge on any atom is -0.461 e. The Morgan fingerprint density at radius 1 is 1.00 bits per heavy atom. The van der Waals surface area contributed by atoms with Gasteiger partial charge in [0.25, 0.3) is 0 Å². The molecule has 0 saturated carbocycles. The number of rotatable bonds is 7. The first-order chi connectivity index (χ1) is 18.3. The quantitative estimate of drug-likeness (QED) is 0.175. The third-order valence-electron chi connectivity index (χ3n) is 6.44. The lowest BCUT2D eigenvalue weighted by molar-refractivity contribution is -0.0615. The fraction of sp³-hybridized carbons (Fsp3) is 0.269. The molecule has 3 heterocycles. The molecule has 4 atom stereocenters. The van der Waals surface area contributed by atoms with E-state index in [0.29, 0.717) is 11.1 Å². The van der Waals surface area contributed by atoms with E-state index in [-0.39, 0.29) is 34.8 Å². The van der Waals surface area contributed by atoms with Crippen LogP contribution < -0.4 is 0 Å². The Morgan fingerprint density at radius 3 is 2.24 bits per heavy atom. The van der Waals surface area contributed by atoms with Crippen molar-refractivity contribution in [1.82, 2.24) is 19.5 Å². The number of hydrogen-bond acceptors (Lipinski definition) is 8. The first-order valence-corrected chi connectivity index (χ1v) is 12.3. The normalized spacial score (nSPS) is 22.9. The zero-order chi connectivity index (χ0) is 26.9. The molecule has 2 aromatic carbocycles. The Hall–Kier alpha value is -3.60. The van der Waals surface area contributed by atoms with Crippen molar-refractivity contribution in [2.75, 3.05) is 13.2 Å². The summed E-state index contributed by atoms with van der Waals surface area (Å²) in [5.74, 6) is -1.22. The highest BCUT2D eigenvalue weighted by molar-refractivity contribution is 6.35. The van der Waals surface area contributed by atoms with Gasteiger partial charge in [-0.1, -0.05) is 54.9 Å². The summed E-state index contributed by atoms with van der Waals surface area (Å²) in [5.41, 5.74) is -0.395. The van der Waals surface area contributed by atoms with E-state index in [4.69, 9.17) is 37.4 Å². The number of alkyl halides is 1. The van der Waals surface area contributed by atoms with Gasteiger partial charge in [-0.2, -0.15) is 4.98 Å². The maximum Gasteiger partial charge on any atom is 0.338 e. The van der Waals surface area contributed by atoms with Crippen molar-refractivity contribution in [3.05, 3.63) is 88.6 Å². The average molecular weight is 559 g/mol. The predicted octanol–water partition coefficient (Wildman–Crippen LogP) is 5.09. The molecular weight excluding hydrogens is 538 g/mol. The van der Waals surface area contributed by atoms with Gasteiger partial charge in [0.2, 0.25) is 5.28 Å². The third-order valence-corrected chi connectivity index (χ3v) is 6.88. The Balaban J connectivity index is 1.42. The number of hydrogen-bond donors (Lipinski definition) is 0. The molecule has 2 unspecified atom stereocenters. The standard InChI is InChI=1S/C26H21Cl2FN4O5/c1-26(13-37-24(35)16-10-6-3-7-11-16)17(12-36-23(34)15-8-4-2-5-9-15)38-22(19(26)29)33-14-30-18-20(27)31-25(28)32-21(18)33/h2-11,14,17,19,22H,12-13H2,1H3/t17-,19?,22-,26?/m1/s1. The molecule has 0 N–H and O–H groups in total. The molecule has 1 fully saturated rings. The van der Waals surface area contributed by atoms with Gasteiger partial charge in [-0.25, -0.2) is 23.9 Å². The summed E-state index contributed by atoms with van der Waals surface area (Å²) in [6, 6.07) is 16.7. The third kappa shape index (κ3) is 4.94. The van der Waals surface area contributed by atoms with Crippen LogP contribution in [0.4, 0.5) is 4.39 Å². The minimum atomic E-state index is -1.74. The summed E-state index contributed by atoms with van der Waals surface area (Å²) >= 11 is 12.1. The average Bonchev–Trinajstić information content (AvgIpc) is 3.45.